The quantitative estimate of drug-likeness (QED) is 0.423. The van der Waals surface area contributed by atoms with Gasteiger partial charge in [0, 0.05) is 0 Å². The maximum absolute atomic E-state index is 9.77. The van der Waals surface area contributed by atoms with E-state index in [1.807, 2.05) is 0 Å². The van der Waals surface area contributed by atoms with Gasteiger partial charge in [0.2, 0.25) is 0 Å². The summed E-state index contributed by atoms with van der Waals surface area (Å²) in [6, 6.07) is 0. The maximum atomic E-state index is 9.77. The van der Waals surface area contributed by atoms with Gasteiger partial charge in [-0.25, -0.2) is 0 Å². The summed E-state index contributed by atoms with van der Waals surface area (Å²) in [6.07, 6.45) is 4.47. The normalized spacial score (nSPS) is 8.47. The fraction of sp³-hybridized carbons (Fsp3) is 0. The van der Waals surface area contributed by atoms with Crippen molar-refractivity contribution in [3.63, 3.8) is 0 Å². The van der Waals surface area contributed by atoms with Gasteiger partial charge in [0.15, 0.2) is 11.6 Å². The van der Waals surface area contributed by atoms with Crippen molar-refractivity contribution in [1.29, 1.82) is 0 Å². The molecule has 0 atom stereocenters. The summed E-state index contributed by atoms with van der Waals surface area (Å²) in [5, 5.41) is 19.5. The predicted octanol–water partition coefficient (Wildman–Crippen LogP) is -0.109. The molecule has 0 fully saturated rings. The molecular weight excluding hydrogens is 284 g/mol. The van der Waals surface area contributed by atoms with Crippen molar-refractivity contribution in [3.8, 4) is 0 Å². The zero-order chi connectivity index (χ0) is 12.0. The summed E-state index contributed by atoms with van der Waals surface area (Å²) in [4.78, 5) is 31.7. The topological polar surface area (TPSA) is 140 Å². The Hall–Kier alpha value is -2.26. The van der Waals surface area contributed by atoms with Gasteiger partial charge in [-0.05, 0) is 12.4 Å². The molecule has 1 radical (unpaired) electrons. The fourth-order valence-electron chi connectivity index (χ4n) is 0.640. The molecular formula is C6H4CuN6O4. The SMILES string of the molecule is O=[N+]([O-])c1c[n-]cn1.O=[N+]([O-])c1c[n-]cn1.[Cu+2]. The third kappa shape index (κ3) is 4.86. The molecule has 0 saturated carbocycles. The molecule has 0 spiro atoms. The van der Waals surface area contributed by atoms with Crippen LogP contribution in [0.5, 0.6) is 0 Å². The van der Waals surface area contributed by atoms with Crippen molar-refractivity contribution in [3.05, 3.63) is 45.3 Å². The largest absolute Gasteiger partial charge is 2.00 e. The molecule has 11 heteroatoms. The number of nitrogens with zero attached hydrogens (tertiary/aromatic N) is 6. The van der Waals surface area contributed by atoms with Gasteiger partial charge in [-0.2, -0.15) is 0 Å². The van der Waals surface area contributed by atoms with Gasteiger partial charge in [-0.3, -0.25) is 0 Å². The Kier molecular flexibility index (Phi) is 6.14. The fourth-order valence-corrected chi connectivity index (χ4v) is 0.640. The predicted molar refractivity (Wildman–Crippen MR) is 48.4 cm³/mol. The molecule has 0 aliphatic rings. The van der Waals surface area contributed by atoms with E-state index in [0.717, 1.165) is 25.0 Å². The molecule has 93 valence electrons. The number of aromatic nitrogens is 4. The zero-order valence-corrected chi connectivity index (χ0v) is 8.87. The Bertz CT molecular complexity index is 411. The molecule has 17 heavy (non-hydrogen) atoms. The van der Waals surface area contributed by atoms with Gasteiger partial charge < -0.3 is 40.2 Å². The van der Waals surface area contributed by atoms with Gasteiger partial charge in [0.05, 0.1) is 0 Å². The van der Waals surface area contributed by atoms with E-state index in [0.29, 0.717) is 0 Å². The third-order valence-electron chi connectivity index (χ3n) is 1.27. The van der Waals surface area contributed by atoms with Gasteiger partial charge in [0.1, 0.15) is 0 Å². The van der Waals surface area contributed by atoms with Crippen molar-refractivity contribution in [2.75, 3.05) is 0 Å². The minimum atomic E-state index is -0.590. The second-order valence-electron chi connectivity index (χ2n) is 2.28. The summed E-state index contributed by atoms with van der Waals surface area (Å²) in [5.74, 6) is -0.407. The Labute approximate surface area is 104 Å². The average molecular weight is 288 g/mol. The van der Waals surface area contributed by atoms with E-state index >= 15 is 0 Å². The number of rotatable bonds is 2. The summed E-state index contributed by atoms with van der Waals surface area (Å²) < 4.78 is 0. The van der Waals surface area contributed by atoms with Gasteiger partial charge in [-0.15, -0.1) is 0 Å². The second kappa shape index (κ2) is 7.09. The number of hydrogen-bond donors (Lipinski definition) is 0. The van der Waals surface area contributed by atoms with Crippen LogP contribution in [-0.2, 0) is 17.1 Å². The first-order valence-corrected chi connectivity index (χ1v) is 3.75. The molecule has 0 amide bonds. The van der Waals surface area contributed by atoms with Crippen LogP contribution in [0.4, 0.5) is 11.6 Å². The number of hydrogen-bond acceptors (Lipinski definition) is 6. The summed E-state index contributed by atoms with van der Waals surface area (Å²) in [7, 11) is 0. The number of nitro groups is 2. The van der Waals surface area contributed by atoms with E-state index in [9.17, 15) is 20.2 Å². The van der Waals surface area contributed by atoms with Crippen LogP contribution >= 0.6 is 0 Å². The molecule has 0 saturated heterocycles. The van der Waals surface area contributed by atoms with Crippen LogP contribution in [0.15, 0.2) is 25.0 Å². The monoisotopic (exact) mass is 287 g/mol. The Morgan fingerprint density at radius 3 is 1.41 bits per heavy atom. The molecule has 10 nitrogen and oxygen atoms in total. The van der Waals surface area contributed by atoms with Crippen molar-refractivity contribution in [2.45, 2.75) is 0 Å². The van der Waals surface area contributed by atoms with Crippen LogP contribution in [0.25, 0.3) is 0 Å². The maximum Gasteiger partial charge on any atom is 2.00 e. The third-order valence-corrected chi connectivity index (χ3v) is 1.27. The van der Waals surface area contributed by atoms with Crippen LogP contribution in [0.3, 0.4) is 0 Å². The van der Waals surface area contributed by atoms with Crippen LogP contribution in [0.1, 0.15) is 0 Å². The standard InChI is InChI=1S/2C3H2N3O2.Cu/c2*7-6(8)3-1-4-2-5-3;/h2*1-2H;/q2*-1;+2. The number of imidazole rings is 2. The molecule has 0 aromatic carbocycles. The average Bonchev–Trinajstić information content (AvgIpc) is 2.93. The Morgan fingerprint density at radius 1 is 0.941 bits per heavy atom. The molecule has 0 unspecified atom stereocenters. The van der Waals surface area contributed by atoms with Crippen molar-refractivity contribution in [2.24, 2.45) is 0 Å². The van der Waals surface area contributed by atoms with Crippen LogP contribution in [0.2, 0.25) is 0 Å². The van der Waals surface area contributed by atoms with Crippen LogP contribution < -0.4 is 9.97 Å². The van der Waals surface area contributed by atoms with E-state index in [1.54, 1.807) is 0 Å². The van der Waals surface area contributed by atoms with Crippen LogP contribution in [0, 0.1) is 20.2 Å². The molecule has 2 rings (SSSR count). The second-order valence-corrected chi connectivity index (χ2v) is 2.28. The van der Waals surface area contributed by atoms with E-state index in [1.165, 1.54) is 0 Å². The molecule has 2 aromatic rings. The molecule has 0 N–H and O–H groups in total. The summed E-state index contributed by atoms with van der Waals surface area (Å²) in [5.41, 5.74) is 0. The Morgan fingerprint density at radius 2 is 1.29 bits per heavy atom. The van der Waals surface area contributed by atoms with Gasteiger partial charge >= 0.3 is 17.1 Å². The van der Waals surface area contributed by atoms with Crippen LogP contribution in [-0.4, -0.2) is 19.8 Å². The van der Waals surface area contributed by atoms with Gasteiger partial charge in [0.25, 0.3) is 0 Å². The Balaban J connectivity index is 0.000000284. The first-order valence-electron chi connectivity index (χ1n) is 3.75. The first kappa shape index (κ1) is 14.7. The smallest absolute Gasteiger partial charge is 0.446 e. The van der Waals surface area contributed by atoms with Crippen molar-refractivity contribution in [1.82, 2.24) is 19.9 Å². The molecule has 2 aromatic heterocycles. The minimum Gasteiger partial charge on any atom is -0.446 e. The molecule has 0 bridgehead atoms. The van der Waals surface area contributed by atoms with Crippen molar-refractivity contribution >= 4 is 11.6 Å². The first-order chi connectivity index (χ1) is 7.61. The van der Waals surface area contributed by atoms with Gasteiger partial charge in [-0.1, -0.05) is 22.5 Å². The van der Waals surface area contributed by atoms with E-state index < -0.39 is 9.85 Å². The van der Waals surface area contributed by atoms with Crippen molar-refractivity contribution < 1.29 is 26.9 Å². The minimum absolute atomic E-state index is 0. The molecule has 0 aliphatic carbocycles. The molecule has 2 heterocycles. The van der Waals surface area contributed by atoms with E-state index in [-0.39, 0.29) is 28.7 Å². The zero-order valence-electron chi connectivity index (χ0n) is 7.93. The summed E-state index contributed by atoms with van der Waals surface area (Å²) >= 11 is 0. The molecule has 0 aliphatic heterocycles. The van der Waals surface area contributed by atoms with E-state index in [4.69, 9.17) is 0 Å². The van der Waals surface area contributed by atoms with E-state index in [2.05, 4.69) is 19.9 Å². The summed E-state index contributed by atoms with van der Waals surface area (Å²) in [6.45, 7) is 0.